The molecule has 0 bridgehead atoms. The zero-order valence-electron chi connectivity index (χ0n) is 25.3. The van der Waals surface area contributed by atoms with Crippen molar-refractivity contribution in [3.63, 3.8) is 0 Å². The van der Waals surface area contributed by atoms with Crippen LogP contribution in [0.5, 0.6) is 0 Å². The van der Waals surface area contributed by atoms with Crippen LogP contribution in [0.2, 0.25) is 18.1 Å². The summed E-state index contributed by atoms with van der Waals surface area (Å²) in [5, 5.41) is 2.85. The maximum absolute atomic E-state index is 13.6. The lowest BCUT2D eigenvalue weighted by Crippen LogP contribution is -2.59. The van der Waals surface area contributed by atoms with Crippen molar-refractivity contribution < 1.29 is 28.3 Å². The molecular weight excluding hydrogens is 488 g/mol. The first-order valence-corrected chi connectivity index (χ1v) is 16.8. The molecule has 2 amide bonds. The third kappa shape index (κ3) is 7.94. The van der Waals surface area contributed by atoms with E-state index >= 15 is 0 Å². The van der Waals surface area contributed by atoms with Crippen LogP contribution in [0.25, 0.3) is 0 Å². The second-order valence-corrected chi connectivity index (χ2v) is 18.8. The number of amides is 2. The fraction of sp³-hybridized carbons (Fsp3) is 0.893. The molecule has 2 rings (SSSR count). The van der Waals surface area contributed by atoms with Crippen LogP contribution in [-0.4, -0.2) is 67.1 Å². The molecule has 0 aromatic rings. The Morgan fingerprint density at radius 3 is 2.08 bits per heavy atom. The molecule has 37 heavy (non-hydrogen) atoms. The van der Waals surface area contributed by atoms with E-state index < -0.39 is 37.7 Å². The Balaban J connectivity index is 2.18. The summed E-state index contributed by atoms with van der Waals surface area (Å²) in [5.74, 6) is 0.0221. The first-order chi connectivity index (χ1) is 16.7. The van der Waals surface area contributed by atoms with E-state index in [9.17, 15) is 14.4 Å². The van der Waals surface area contributed by atoms with E-state index in [1.54, 1.807) is 25.7 Å². The monoisotopic (exact) mass is 540 g/mol. The third-order valence-electron chi connectivity index (χ3n) is 8.38. The highest BCUT2D eigenvalue weighted by Crippen LogP contribution is 2.45. The standard InChI is InChI=1S/C28H52N2O6Si/c1-18(2)28(9,10)37(11,12)34-16-15-19-17-22(24(32)35-26(3,4)5)30-21(19)14-13-20(23(30)31)29-25(33)36-27(6,7)8/h18-22H,13-17H2,1-12H3,(H,29,33)/t19-,20+,21+,22-/m0/s1. The fourth-order valence-electron chi connectivity index (χ4n) is 5.17. The molecule has 0 unspecified atom stereocenters. The van der Waals surface area contributed by atoms with Crippen LogP contribution in [0.15, 0.2) is 0 Å². The van der Waals surface area contributed by atoms with Crippen LogP contribution in [0.3, 0.4) is 0 Å². The van der Waals surface area contributed by atoms with Gasteiger partial charge in [0.1, 0.15) is 23.3 Å². The largest absolute Gasteiger partial charge is 0.458 e. The Morgan fingerprint density at radius 1 is 1.00 bits per heavy atom. The Hall–Kier alpha value is -1.61. The number of rotatable bonds is 8. The number of carbonyl (C=O) groups is 3. The number of ether oxygens (including phenoxy) is 2. The average Bonchev–Trinajstić information content (AvgIpc) is 3.06. The van der Waals surface area contributed by atoms with Crippen molar-refractivity contribution in [2.45, 2.75) is 142 Å². The van der Waals surface area contributed by atoms with E-state index in [1.807, 2.05) is 20.8 Å². The number of hydrogen-bond acceptors (Lipinski definition) is 6. The summed E-state index contributed by atoms with van der Waals surface area (Å²) in [6, 6.07) is -1.46. The van der Waals surface area contributed by atoms with Gasteiger partial charge in [-0.15, -0.1) is 0 Å². The van der Waals surface area contributed by atoms with Gasteiger partial charge in [-0.1, -0.05) is 27.7 Å². The van der Waals surface area contributed by atoms with Crippen molar-refractivity contribution in [1.82, 2.24) is 10.2 Å². The van der Waals surface area contributed by atoms with Crippen LogP contribution in [-0.2, 0) is 23.5 Å². The van der Waals surface area contributed by atoms with Gasteiger partial charge in [-0.3, -0.25) is 4.79 Å². The molecule has 2 aliphatic heterocycles. The summed E-state index contributed by atoms with van der Waals surface area (Å²) in [6.45, 7) is 25.1. The van der Waals surface area contributed by atoms with Crippen LogP contribution in [0.4, 0.5) is 4.79 Å². The van der Waals surface area contributed by atoms with Gasteiger partial charge in [0.05, 0.1) is 0 Å². The molecule has 0 radical (unpaired) electrons. The van der Waals surface area contributed by atoms with Crippen LogP contribution < -0.4 is 5.32 Å². The normalized spacial score (nSPS) is 25.2. The Bertz CT molecular complexity index is 843. The lowest BCUT2D eigenvalue weighted by molar-refractivity contribution is -0.165. The Labute approximate surface area is 225 Å². The number of carbonyl (C=O) groups excluding carboxylic acids is 3. The van der Waals surface area contributed by atoms with Crippen LogP contribution in [0, 0.1) is 11.8 Å². The van der Waals surface area contributed by atoms with Gasteiger partial charge < -0.3 is 24.1 Å². The molecule has 0 saturated carbocycles. The minimum Gasteiger partial charge on any atom is -0.458 e. The summed E-state index contributed by atoms with van der Waals surface area (Å²) in [6.07, 6.45) is 1.92. The third-order valence-corrected chi connectivity index (χ3v) is 13.0. The molecule has 0 aromatic heterocycles. The molecule has 0 aliphatic carbocycles. The van der Waals surface area contributed by atoms with E-state index in [1.165, 1.54) is 0 Å². The van der Waals surface area contributed by atoms with Crippen molar-refractivity contribution >= 4 is 26.3 Å². The topological polar surface area (TPSA) is 94.2 Å². The zero-order valence-corrected chi connectivity index (χ0v) is 26.3. The van der Waals surface area contributed by atoms with Gasteiger partial charge in [0, 0.05) is 12.6 Å². The van der Waals surface area contributed by atoms with Gasteiger partial charge >= 0.3 is 12.1 Å². The average molecular weight is 541 g/mol. The number of hydrogen-bond donors (Lipinski definition) is 1. The molecule has 2 heterocycles. The molecule has 0 aromatic carbocycles. The summed E-state index contributed by atoms with van der Waals surface area (Å²) in [4.78, 5) is 40.9. The smallest absolute Gasteiger partial charge is 0.408 e. The van der Waals surface area contributed by atoms with E-state index in [-0.39, 0.29) is 28.9 Å². The first kappa shape index (κ1) is 31.6. The van der Waals surface area contributed by atoms with E-state index in [4.69, 9.17) is 13.9 Å². The highest BCUT2D eigenvalue weighted by molar-refractivity contribution is 6.74. The molecule has 2 aliphatic rings. The summed E-state index contributed by atoms with van der Waals surface area (Å²) in [7, 11) is -1.98. The molecular formula is C28H52N2O6Si. The quantitative estimate of drug-likeness (QED) is 0.316. The van der Waals surface area contributed by atoms with Crippen molar-refractivity contribution in [3.8, 4) is 0 Å². The minimum absolute atomic E-state index is 0.0757. The zero-order chi connectivity index (χ0) is 28.6. The maximum Gasteiger partial charge on any atom is 0.408 e. The maximum atomic E-state index is 13.6. The van der Waals surface area contributed by atoms with Crippen molar-refractivity contribution in [2.24, 2.45) is 11.8 Å². The van der Waals surface area contributed by atoms with E-state index in [2.05, 4.69) is 46.1 Å². The highest BCUT2D eigenvalue weighted by atomic mass is 28.4. The summed E-state index contributed by atoms with van der Waals surface area (Å²) >= 11 is 0. The molecule has 214 valence electrons. The minimum atomic E-state index is -1.98. The Kier molecular flexibility index (Phi) is 9.60. The number of fused-ring (bicyclic) bond motifs is 1. The van der Waals surface area contributed by atoms with Crippen LogP contribution >= 0.6 is 0 Å². The van der Waals surface area contributed by atoms with Crippen molar-refractivity contribution in [1.29, 1.82) is 0 Å². The molecule has 2 fully saturated rings. The highest BCUT2D eigenvalue weighted by Gasteiger charge is 2.52. The fourth-order valence-corrected chi connectivity index (χ4v) is 7.56. The number of alkyl carbamates (subject to hydrolysis) is 1. The molecule has 0 spiro atoms. The SMILES string of the molecule is CC(C)C(C)(C)[Si](C)(C)OCC[C@H]1C[C@@H](C(=O)OC(C)(C)C)N2C(=O)[C@H](NC(=O)OC(C)(C)C)CC[C@H]12. The molecule has 8 nitrogen and oxygen atoms in total. The van der Waals surface area contributed by atoms with Gasteiger partial charge in [-0.2, -0.15) is 0 Å². The van der Waals surface area contributed by atoms with Crippen LogP contribution in [0.1, 0.15) is 94.9 Å². The first-order valence-electron chi connectivity index (χ1n) is 13.8. The van der Waals surface area contributed by atoms with Gasteiger partial charge in [0.15, 0.2) is 8.32 Å². The van der Waals surface area contributed by atoms with Gasteiger partial charge in [-0.05, 0) is 97.2 Å². The van der Waals surface area contributed by atoms with Gasteiger partial charge in [0.2, 0.25) is 5.91 Å². The van der Waals surface area contributed by atoms with E-state index in [0.29, 0.717) is 31.8 Å². The van der Waals surface area contributed by atoms with E-state index in [0.717, 1.165) is 6.42 Å². The number of nitrogens with zero attached hydrogens (tertiary/aromatic N) is 1. The second kappa shape index (κ2) is 11.2. The number of nitrogens with one attached hydrogen (secondary N) is 1. The lowest BCUT2D eigenvalue weighted by Gasteiger charge is -2.43. The lowest BCUT2D eigenvalue weighted by atomic mass is 9.89. The predicted octanol–water partition coefficient (Wildman–Crippen LogP) is 5.65. The van der Waals surface area contributed by atoms with Crippen molar-refractivity contribution in [3.05, 3.63) is 0 Å². The summed E-state index contributed by atoms with van der Waals surface area (Å²) in [5.41, 5.74) is -1.32. The predicted molar refractivity (Wildman–Crippen MR) is 148 cm³/mol. The van der Waals surface area contributed by atoms with Crippen molar-refractivity contribution in [2.75, 3.05) is 6.61 Å². The molecule has 1 N–H and O–H groups in total. The summed E-state index contributed by atoms with van der Waals surface area (Å²) < 4.78 is 17.6. The molecule has 9 heteroatoms. The second-order valence-electron chi connectivity index (χ2n) is 14.2. The van der Waals surface area contributed by atoms with Gasteiger partial charge in [-0.25, -0.2) is 9.59 Å². The number of esters is 1. The Morgan fingerprint density at radius 2 is 1.57 bits per heavy atom. The molecule has 4 atom stereocenters. The molecule has 2 saturated heterocycles. The number of piperidine rings is 1. The van der Waals surface area contributed by atoms with Gasteiger partial charge in [0.25, 0.3) is 0 Å².